The van der Waals surface area contributed by atoms with Gasteiger partial charge in [0.2, 0.25) is 0 Å². The van der Waals surface area contributed by atoms with E-state index in [1.807, 2.05) is 26.1 Å². The molecule has 0 radical (unpaired) electrons. The first-order chi connectivity index (χ1) is 9.67. The Morgan fingerprint density at radius 3 is 2.60 bits per heavy atom. The van der Waals surface area contributed by atoms with Gasteiger partial charge in [0.25, 0.3) is 0 Å². The smallest absolute Gasteiger partial charge is 0.122 e. The van der Waals surface area contributed by atoms with Gasteiger partial charge in [0.15, 0.2) is 0 Å². The van der Waals surface area contributed by atoms with E-state index < -0.39 is 0 Å². The lowest BCUT2D eigenvalue weighted by atomic mass is 10.1. The summed E-state index contributed by atoms with van der Waals surface area (Å²) in [6.45, 7) is 2.80. The van der Waals surface area contributed by atoms with E-state index in [1.165, 1.54) is 25.7 Å². The van der Waals surface area contributed by atoms with Crippen LogP contribution in [0.15, 0.2) is 18.2 Å². The summed E-state index contributed by atoms with van der Waals surface area (Å²) in [4.78, 5) is 2.24. The molecule has 0 heterocycles. The first kappa shape index (κ1) is 15.1. The number of rotatable bonds is 6. The number of hydrogen-bond acceptors (Lipinski definition) is 4. The molecule has 2 rings (SSSR count). The normalized spacial score (nSPS) is 17.4. The number of nitrogens with zero attached hydrogens (tertiary/aromatic N) is 1. The van der Waals surface area contributed by atoms with E-state index in [9.17, 15) is 10.2 Å². The van der Waals surface area contributed by atoms with Crippen LogP contribution in [-0.2, 0) is 0 Å². The van der Waals surface area contributed by atoms with Gasteiger partial charge >= 0.3 is 0 Å². The Morgan fingerprint density at radius 2 is 2.05 bits per heavy atom. The highest BCUT2D eigenvalue weighted by Gasteiger charge is 2.23. The molecule has 0 spiro atoms. The number of aromatic hydroxyl groups is 1. The summed E-state index contributed by atoms with van der Waals surface area (Å²) in [5.74, 6) is 0.324. The Morgan fingerprint density at radius 1 is 1.35 bits per heavy atom. The molecule has 1 atom stereocenters. The van der Waals surface area contributed by atoms with E-state index in [-0.39, 0.29) is 12.6 Å². The summed E-state index contributed by atoms with van der Waals surface area (Å²) in [7, 11) is 1.88. The minimum Gasteiger partial charge on any atom is -0.508 e. The summed E-state index contributed by atoms with van der Waals surface area (Å²) in [6, 6.07) is 6.48. The van der Waals surface area contributed by atoms with Crippen molar-refractivity contribution in [2.45, 2.75) is 44.7 Å². The van der Waals surface area contributed by atoms with Crippen LogP contribution in [0.1, 0.15) is 44.2 Å². The molecular weight excluding hydrogens is 252 g/mol. The van der Waals surface area contributed by atoms with E-state index >= 15 is 0 Å². The van der Waals surface area contributed by atoms with Gasteiger partial charge in [0.1, 0.15) is 5.75 Å². The van der Waals surface area contributed by atoms with Crippen molar-refractivity contribution in [1.82, 2.24) is 5.32 Å². The maximum absolute atomic E-state index is 10.2. The van der Waals surface area contributed by atoms with E-state index in [0.29, 0.717) is 18.3 Å². The van der Waals surface area contributed by atoms with Crippen molar-refractivity contribution in [3.05, 3.63) is 23.8 Å². The fourth-order valence-electron chi connectivity index (χ4n) is 3.08. The number of nitrogens with one attached hydrogen (secondary N) is 1. The molecule has 0 amide bonds. The molecule has 3 N–H and O–H groups in total. The SMILES string of the molecule is CNC(C)c1ccc(N(CCO)C2CCCC2)cc1O. The van der Waals surface area contributed by atoms with E-state index in [1.54, 1.807) is 0 Å². The van der Waals surface area contributed by atoms with Gasteiger partial charge in [0, 0.05) is 35.9 Å². The van der Waals surface area contributed by atoms with Crippen LogP contribution in [0.25, 0.3) is 0 Å². The van der Waals surface area contributed by atoms with Gasteiger partial charge < -0.3 is 20.4 Å². The summed E-state index contributed by atoms with van der Waals surface area (Å²) in [5, 5.41) is 22.7. The van der Waals surface area contributed by atoms with E-state index in [4.69, 9.17) is 0 Å². The van der Waals surface area contributed by atoms with E-state index in [2.05, 4.69) is 16.3 Å². The van der Waals surface area contributed by atoms with Gasteiger partial charge in [-0.3, -0.25) is 0 Å². The molecule has 20 heavy (non-hydrogen) atoms. The van der Waals surface area contributed by atoms with Crippen LogP contribution in [0, 0.1) is 0 Å². The van der Waals surface area contributed by atoms with Crippen LogP contribution < -0.4 is 10.2 Å². The summed E-state index contributed by atoms with van der Waals surface area (Å²) >= 11 is 0. The molecule has 1 aliphatic carbocycles. The van der Waals surface area contributed by atoms with Crippen molar-refractivity contribution in [1.29, 1.82) is 0 Å². The standard InChI is InChI=1S/C16H26N2O2/c1-12(17-2)15-8-7-14(11-16(15)20)18(9-10-19)13-5-3-4-6-13/h7-8,11-13,17,19-20H,3-6,9-10H2,1-2H3. The zero-order valence-corrected chi connectivity index (χ0v) is 12.5. The molecule has 112 valence electrons. The zero-order chi connectivity index (χ0) is 14.5. The molecule has 0 saturated heterocycles. The molecule has 1 unspecified atom stereocenters. The van der Waals surface area contributed by atoms with Crippen LogP contribution in [-0.4, -0.2) is 36.5 Å². The molecule has 1 aromatic carbocycles. The number of benzene rings is 1. The molecule has 0 aliphatic heterocycles. The largest absolute Gasteiger partial charge is 0.508 e. The highest BCUT2D eigenvalue weighted by molar-refractivity contribution is 5.55. The van der Waals surface area contributed by atoms with Gasteiger partial charge in [-0.25, -0.2) is 0 Å². The van der Waals surface area contributed by atoms with Crippen molar-refractivity contribution >= 4 is 5.69 Å². The van der Waals surface area contributed by atoms with Crippen LogP contribution >= 0.6 is 0 Å². The first-order valence-corrected chi connectivity index (χ1v) is 7.55. The Kier molecular flexibility index (Phi) is 5.26. The van der Waals surface area contributed by atoms with Crippen LogP contribution in [0.4, 0.5) is 5.69 Å². The van der Waals surface area contributed by atoms with Gasteiger partial charge in [-0.1, -0.05) is 18.9 Å². The lowest BCUT2D eigenvalue weighted by Crippen LogP contribution is -2.35. The third-order valence-corrected chi connectivity index (χ3v) is 4.35. The lowest BCUT2D eigenvalue weighted by molar-refractivity contribution is 0.297. The summed E-state index contributed by atoms with van der Waals surface area (Å²) in [5.41, 5.74) is 1.92. The Balaban J connectivity index is 2.22. The molecule has 1 aliphatic rings. The number of anilines is 1. The predicted molar refractivity (Wildman–Crippen MR) is 82.3 cm³/mol. The minimum atomic E-state index is 0.127. The van der Waals surface area contributed by atoms with Gasteiger partial charge in [-0.2, -0.15) is 0 Å². The number of hydrogen-bond donors (Lipinski definition) is 3. The summed E-state index contributed by atoms with van der Waals surface area (Å²) < 4.78 is 0. The molecule has 4 heteroatoms. The highest BCUT2D eigenvalue weighted by Crippen LogP contribution is 2.33. The van der Waals surface area contributed by atoms with Gasteiger partial charge in [0.05, 0.1) is 6.61 Å². The summed E-state index contributed by atoms with van der Waals surface area (Å²) in [6.07, 6.45) is 4.87. The monoisotopic (exact) mass is 278 g/mol. The van der Waals surface area contributed by atoms with Crippen LogP contribution in [0.3, 0.4) is 0 Å². The molecule has 1 saturated carbocycles. The number of aliphatic hydroxyl groups is 1. The molecule has 0 bridgehead atoms. The topological polar surface area (TPSA) is 55.7 Å². The second-order valence-corrected chi connectivity index (χ2v) is 5.61. The van der Waals surface area contributed by atoms with Gasteiger partial charge in [-0.05, 0) is 32.9 Å². The zero-order valence-electron chi connectivity index (χ0n) is 12.5. The minimum absolute atomic E-state index is 0.127. The molecular formula is C16H26N2O2. The fraction of sp³-hybridized carbons (Fsp3) is 0.625. The third-order valence-electron chi connectivity index (χ3n) is 4.35. The van der Waals surface area contributed by atoms with E-state index in [0.717, 1.165) is 11.3 Å². The van der Waals surface area contributed by atoms with Gasteiger partial charge in [-0.15, -0.1) is 0 Å². The Hall–Kier alpha value is -1.26. The maximum Gasteiger partial charge on any atom is 0.122 e. The van der Waals surface area contributed by atoms with Crippen LogP contribution in [0.2, 0.25) is 0 Å². The van der Waals surface area contributed by atoms with Crippen molar-refractivity contribution in [2.75, 3.05) is 25.1 Å². The first-order valence-electron chi connectivity index (χ1n) is 7.55. The van der Waals surface area contributed by atoms with Crippen molar-refractivity contribution in [3.8, 4) is 5.75 Å². The fourth-order valence-corrected chi connectivity index (χ4v) is 3.08. The third kappa shape index (κ3) is 3.25. The second-order valence-electron chi connectivity index (χ2n) is 5.61. The predicted octanol–water partition coefficient (Wildman–Crippen LogP) is 2.41. The maximum atomic E-state index is 10.2. The van der Waals surface area contributed by atoms with Crippen LogP contribution in [0.5, 0.6) is 5.75 Å². The van der Waals surface area contributed by atoms with Crippen molar-refractivity contribution < 1.29 is 10.2 Å². The molecule has 4 nitrogen and oxygen atoms in total. The number of phenolic OH excluding ortho intramolecular Hbond substituents is 1. The average molecular weight is 278 g/mol. The Bertz CT molecular complexity index is 430. The average Bonchev–Trinajstić information content (AvgIpc) is 2.97. The Labute approximate surface area is 121 Å². The molecule has 1 fully saturated rings. The second kappa shape index (κ2) is 6.95. The lowest BCUT2D eigenvalue weighted by Gasteiger charge is -2.31. The number of phenols is 1. The van der Waals surface area contributed by atoms with Crippen molar-refractivity contribution in [2.24, 2.45) is 0 Å². The highest BCUT2D eigenvalue weighted by atomic mass is 16.3. The number of aliphatic hydroxyl groups excluding tert-OH is 1. The molecule has 0 aromatic heterocycles. The van der Waals surface area contributed by atoms with Crippen molar-refractivity contribution in [3.63, 3.8) is 0 Å². The molecule has 1 aromatic rings. The quantitative estimate of drug-likeness (QED) is 0.748.